The third-order valence-corrected chi connectivity index (χ3v) is 3.33. The van der Waals surface area contributed by atoms with Crippen LogP contribution in [0, 0.1) is 0 Å². The van der Waals surface area contributed by atoms with Crippen molar-refractivity contribution in [3.63, 3.8) is 0 Å². The van der Waals surface area contributed by atoms with Gasteiger partial charge in [0.2, 0.25) is 0 Å². The van der Waals surface area contributed by atoms with Crippen LogP contribution in [0.4, 0.5) is 0 Å². The highest BCUT2D eigenvalue weighted by atomic mass is 35.5. The molecular weight excluding hydrogens is 272 g/mol. The summed E-state index contributed by atoms with van der Waals surface area (Å²) in [5.74, 6) is 0.995. The van der Waals surface area contributed by atoms with E-state index in [1.165, 1.54) is 11.1 Å². The van der Waals surface area contributed by atoms with Gasteiger partial charge in [-0.05, 0) is 37.4 Å². The lowest BCUT2D eigenvalue weighted by molar-refractivity contribution is 0.288. The molecule has 0 radical (unpaired) electrons. The first-order valence-electron chi connectivity index (χ1n) is 6.87. The standard InChI is InChI=1S/C16H21ClN2O/c1-3-18-9-14-8-16(20-12-14)11-19(2)10-13-4-6-15(17)7-5-13/h4-8,12,18H,3,9-11H2,1-2H3. The number of nitrogens with one attached hydrogen (secondary N) is 1. The minimum absolute atomic E-state index is 0.774. The number of rotatable bonds is 7. The molecule has 0 spiro atoms. The van der Waals surface area contributed by atoms with E-state index in [1.54, 1.807) is 0 Å². The first kappa shape index (κ1) is 15.1. The number of furan rings is 1. The number of nitrogens with zero attached hydrogens (tertiary/aromatic N) is 1. The summed E-state index contributed by atoms with van der Waals surface area (Å²) in [5, 5.41) is 4.06. The molecule has 0 unspecified atom stereocenters. The molecule has 1 heterocycles. The Labute approximate surface area is 125 Å². The summed E-state index contributed by atoms with van der Waals surface area (Å²) in [6.07, 6.45) is 1.83. The van der Waals surface area contributed by atoms with Crippen molar-refractivity contribution in [3.8, 4) is 0 Å². The van der Waals surface area contributed by atoms with Crippen LogP contribution >= 0.6 is 11.6 Å². The molecule has 2 rings (SSSR count). The summed E-state index contributed by atoms with van der Waals surface area (Å²) >= 11 is 5.89. The van der Waals surface area contributed by atoms with Gasteiger partial charge in [-0.1, -0.05) is 30.7 Å². The summed E-state index contributed by atoms with van der Waals surface area (Å²) in [5.41, 5.74) is 2.44. The maximum Gasteiger partial charge on any atom is 0.118 e. The lowest BCUT2D eigenvalue weighted by atomic mass is 10.2. The van der Waals surface area contributed by atoms with Crippen LogP contribution < -0.4 is 5.32 Å². The Morgan fingerprint density at radius 2 is 1.90 bits per heavy atom. The van der Waals surface area contributed by atoms with Crippen molar-refractivity contribution in [2.24, 2.45) is 0 Å². The van der Waals surface area contributed by atoms with Gasteiger partial charge in [-0.15, -0.1) is 0 Å². The van der Waals surface area contributed by atoms with Gasteiger partial charge >= 0.3 is 0 Å². The van der Waals surface area contributed by atoms with E-state index in [4.69, 9.17) is 16.0 Å². The molecule has 0 aliphatic heterocycles. The van der Waals surface area contributed by atoms with Crippen molar-refractivity contribution in [3.05, 3.63) is 58.5 Å². The third-order valence-electron chi connectivity index (χ3n) is 3.08. The Bertz CT molecular complexity index is 522. The average Bonchev–Trinajstić information content (AvgIpc) is 2.86. The van der Waals surface area contributed by atoms with Crippen molar-refractivity contribution in [2.45, 2.75) is 26.6 Å². The van der Waals surface area contributed by atoms with Crippen LogP contribution in [0.3, 0.4) is 0 Å². The number of halogens is 1. The summed E-state index contributed by atoms with van der Waals surface area (Å²) < 4.78 is 5.59. The fourth-order valence-electron chi connectivity index (χ4n) is 2.09. The van der Waals surface area contributed by atoms with E-state index >= 15 is 0 Å². The van der Waals surface area contributed by atoms with Gasteiger partial charge in [0, 0.05) is 23.7 Å². The molecule has 0 amide bonds. The highest BCUT2D eigenvalue weighted by molar-refractivity contribution is 6.30. The van der Waals surface area contributed by atoms with E-state index in [9.17, 15) is 0 Å². The Hall–Kier alpha value is -1.29. The predicted octanol–water partition coefficient (Wildman–Crippen LogP) is 3.67. The van der Waals surface area contributed by atoms with Crippen molar-refractivity contribution >= 4 is 11.6 Å². The summed E-state index contributed by atoms with van der Waals surface area (Å²) in [6.45, 7) is 5.61. The first-order valence-corrected chi connectivity index (χ1v) is 7.25. The van der Waals surface area contributed by atoms with E-state index in [0.717, 1.165) is 37.0 Å². The number of hydrogen-bond donors (Lipinski definition) is 1. The molecule has 1 N–H and O–H groups in total. The van der Waals surface area contributed by atoms with E-state index in [1.807, 2.05) is 18.4 Å². The van der Waals surface area contributed by atoms with Crippen LogP contribution in [-0.4, -0.2) is 18.5 Å². The lowest BCUT2D eigenvalue weighted by Gasteiger charge is -2.15. The highest BCUT2D eigenvalue weighted by Crippen LogP contribution is 2.14. The van der Waals surface area contributed by atoms with Crippen LogP contribution in [0.1, 0.15) is 23.8 Å². The molecule has 0 saturated carbocycles. The lowest BCUT2D eigenvalue weighted by Crippen LogP contribution is -2.16. The minimum atomic E-state index is 0.774. The Morgan fingerprint density at radius 3 is 2.60 bits per heavy atom. The van der Waals surface area contributed by atoms with E-state index in [2.05, 4.69) is 42.4 Å². The smallest absolute Gasteiger partial charge is 0.118 e. The molecule has 0 bridgehead atoms. The third kappa shape index (κ3) is 4.67. The largest absolute Gasteiger partial charge is 0.468 e. The molecule has 108 valence electrons. The zero-order valence-electron chi connectivity index (χ0n) is 12.0. The molecule has 20 heavy (non-hydrogen) atoms. The predicted molar refractivity (Wildman–Crippen MR) is 82.7 cm³/mol. The molecule has 2 aromatic rings. The quantitative estimate of drug-likeness (QED) is 0.844. The van der Waals surface area contributed by atoms with Gasteiger partial charge in [0.15, 0.2) is 0 Å². The van der Waals surface area contributed by atoms with Crippen molar-refractivity contribution in [1.82, 2.24) is 10.2 Å². The molecule has 0 aliphatic carbocycles. The summed E-state index contributed by atoms with van der Waals surface area (Å²) in [4.78, 5) is 2.22. The first-order chi connectivity index (χ1) is 9.67. The summed E-state index contributed by atoms with van der Waals surface area (Å²) in [6, 6.07) is 10.1. The van der Waals surface area contributed by atoms with Crippen LogP contribution in [0.15, 0.2) is 41.0 Å². The molecule has 1 aromatic heterocycles. The Balaban J connectivity index is 1.86. The zero-order valence-corrected chi connectivity index (χ0v) is 12.8. The minimum Gasteiger partial charge on any atom is -0.468 e. The normalized spacial score (nSPS) is 11.2. The van der Waals surface area contributed by atoms with E-state index in [-0.39, 0.29) is 0 Å². The van der Waals surface area contributed by atoms with Gasteiger partial charge in [0.25, 0.3) is 0 Å². The van der Waals surface area contributed by atoms with Gasteiger partial charge < -0.3 is 9.73 Å². The molecule has 3 nitrogen and oxygen atoms in total. The summed E-state index contributed by atoms with van der Waals surface area (Å²) in [7, 11) is 2.08. The van der Waals surface area contributed by atoms with Crippen molar-refractivity contribution in [2.75, 3.05) is 13.6 Å². The van der Waals surface area contributed by atoms with Crippen molar-refractivity contribution < 1.29 is 4.42 Å². The molecule has 0 aliphatic rings. The second kappa shape index (κ2) is 7.48. The monoisotopic (exact) mass is 292 g/mol. The SMILES string of the molecule is CCNCc1coc(CN(C)Cc2ccc(Cl)cc2)c1. The Morgan fingerprint density at radius 1 is 1.15 bits per heavy atom. The van der Waals surface area contributed by atoms with Gasteiger partial charge in [-0.3, -0.25) is 4.90 Å². The van der Waals surface area contributed by atoms with Crippen molar-refractivity contribution in [1.29, 1.82) is 0 Å². The van der Waals surface area contributed by atoms with Crippen LogP contribution in [0.2, 0.25) is 5.02 Å². The fraction of sp³-hybridized carbons (Fsp3) is 0.375. The molecule has 0 saturated heterocycles. The zero-order chi connectivity index (χ0) is 14.4. The fourth-order valence-corrected chi connectivity index (χ4v) is 2.22. The van der Waals surface area contributed by atoms with Gasteiger partial charge in [-0.25, -0.2) is 0 Å². The maximum absolute atomic E-state index is 5.89. The molecule has 1 aromatic carbocycles. The second-order valence-electron chi connectivity index (χ2n) is 5.00. The second-order valence-corrected chi connectivity index (χ2v) is 5.44. The van der Waals surface area contributed by atoms with Crippen LogP contribution in [-0.2, 0) is 19.6 Å². The maximum atomic E-state index is 5.89. The van der Waals surface area contributed by atoms with Gasteiger partial charge in [0.05, 0.1) is 12.8 Å². The van der Waals surface area contributed by atoms with E-state index < -0.39 is 0 Å². The van der Waals surface area contributed by atoms with Gasteiger partial charge in [-0.2, -0.15) is 0 Å². The number of benzene rings is 1. The molecule has 0 fully saturated rings. The molecule has 4 heteroatoms. The highest BCUT2D eigenvalue weighted by Gasteiger charge is 2.06. The van der Waals surface area contributed by atoms with Crippen LogP contribution in [0.25, 0.3) is 0 Å². The topological polar surface area (TPSA) is 28.4 Å². The Kier molecular flexibility index (Phi) is 5.65. The molecular formula is C16H21ClN2O. The van der Waals surface area contributed by atoms with E-state index in [0.29, 0.717) is 0 Å². The van der Waals surface area contributed by atoms with Gasteiger partial charge in [0.1, 0.15) is 5.76 Å². The average molecular weight is 293 g/mol. The number of hydrogen-bond acceptors (Lipinski definition) is 3. The molecule has 0 atom stereocenters. The van der Waals surface area contributed by atoms with Crippen LogP contribution in [0.5, 0.6) is 0 Å².